The summed E-state index contributed by atoms with van der Waals surface area (Å²) in [6, 6.07) is 13.4. The van der Waals surface area contributed by atoms with Gasteiger partial charge in [0.05, 0.1) is 4.92 Å². The number of fused-ring (bicyclic) bond motifs is 1. The normalized spacial score (nSPS) is 16.7. The van der Waals surface area contributed by atoms with E-state index in [0.29, 0.717) is 6.04 Å². The van der Waals surface area contributed by atoms with Crippen LogP contribution in [-0.2, 0) is 19.4 Å². The minimum absolute atomic E-state index is 0.134. The molecule has 5 nitrogen and oxygen atoms in total. The Morgan fingerprint density at radius 1 is 1.18 bits per heavy atom. The van der Waals surface area contributed by atoms with E-state index in [1.54, 1.807) is 12.1 Å². The third-order valence-electron chi connectivity index (χ3n) is 4.34. The van der Waals surface area contributed by atoms with E-state index in [4.69, 9.17) is 5.73 Å². The number of nitro groups is 1. The zero-order valence-electron chi connectivity index (χ0n) is 12.5. The molecular formula is C17H19N3O2. The predicted octanol–water partition coefficient (Wildman–Crippen LogP) is 2.78. The third-order valence-corrected chi connectivity index (χ3v) is 4.34. The lowest BCUT2D eigenvalue weighted by molar-refractivity contribution is -0.384. The van der Waals surface area contributed by atoms with Crippen molar-refractivity contribution in [1.82, 2.24) is 4.90 Å². The van der Waals surface area contributed by atoms with Gasteiger partial charge in [0.1, 0.15) is 0 Å². The van der Waals surface area contributed by atoms with Crippen LogP contribution in [-0.4, -0.2) is 22.9 Å². The van der Waals surface area contributed by atoms with Crippen LogP contribution in [0.4, 0.5) is 11.4 Å². The molecule has 1 aliphatic rings. The van der Waals surface area contributed by atoms with Crippen molar-refractivity contribution in [2.24, 2.45) is 0 Å². The van der Waals surface area contributed by atoms with Crippen molar-refractivity contribution in [3.05, 3.63) is 69.3 Å². The number of nitrogens with zero attached hydrogens (tertiary/aromatic N) is 2. The van der Waals surface area contributed by atoms with Gasteiger partial charge in [-0.25, -0.2) is 0 Å². The van der Waals surface area contributed by atoms with Gasteiger partial charge in [0, 0.05) is 30.4 Å². The van der Waals surface area contributed by atoms with Gasteiger partial charge in [-0.05, 0) is 48.7 Å². The van der Waals surface area contributed by atoms with E-state index < -0.39 is 0 Å². The molecule has 2 N–H and O–H groups in total. The lowest BCUT2D eigenvalue weighted by Gasteiger charge is -2.24. The number of likely N-dealkylation sites (N-methyl/N-ethyl adjacent to an activating group) is 1. The number of nitrogen functional groups attached to an aromatic ring is 1. The summed E-state index contributed by atoms with van der Waals surface area (Å²) in [5.41, 5.74) is 10.6. The maximum atomic E-state index is 10.7. The predicted molar refractivity (Wildman–Crippen MR) is 86.6 cm³/mol. The fraction of sp³-hybridized carbons (Fsp3) is 0.294. The lowest BCUT2D eigenvalue weighted by Crippen LogP contribution is -2.31. The SMILES string of the molecule is CN(Cc1ccc([N+](=O)[O-])cc1)C1Cc2ccc(N)cc2C1. The molecule has 2 aromatic carbocycles. The molecule has 0 saturated carbocycles. The number of hydrogen-bond acceptors (Lipinski definition) is 4. The van der Waals surface area contributed by atoms with Crippen molar-refractivity contribution in [3.63, 3.8) is 0 Å². The van der Waals surface area contributed by atoms with Gasteiger partial charge < -0.3 is 5.73 Å². The molecule has 22 heavy (non-hydrogen) atoms. The lowest BCUT2D eigenvalue weighted by atomic mass is 10.1. The number of non-ortho nitro benzene ring substituents is 1. The highest BCUT2D eigenvalue weighted by Crippen LogP contribution is 2.27. The highest BCUT2D eigenvalue weighted by molar-refractivity contribution is 5.47. The Hall–Kier alpha value is -2.40. The molecule has 0 radical (unpaired) electrons. The first-order chi connectivity index (χ1) is 10.5. The van der Waals surface area contributed by atoms with Crippen molar-refractivity contribution in [2.75, 3.05) is 12.8 Å². The zero-order chi connectivity index (χ0) is 15.7. The van der Waals surface area contributed by atoms with Crippen molar-refractivity contribution >= 4 is 11.4 Å². The van der Waals surface area contributed by atoms with Crippen LogP contribution in [0.5, 0.6) is 0 Å². The van der Waals surface area contributed by atoms with Gasteiger partial charge in [0.15, 0.2) is 0 Å². The van der Waals surface area contributed by atoms with Gasteiger partial charge in [0.25, 0.3) is 5.69 Å². The van der Waals surface area contributed by atoms with Crippen LogP contribution < -0.4 is 5.73 Å². The summed E-state index contributed by atoms with van der Waals surface area (Å²) in [6.07, 6.45) is 2.03. The van der Waals surface area contributed by atoms with Gasteiger partial charge >= 0.3 is 0 Å². The molecule has 0 fully saturated rings. The molecule has 0 amide bonds. The molecule has 5 heteroatoms. The third kappa shape index (κ3) is 2.94. The highest BCUT2D eigenvalue weighted by Gasteiger charge is 2.24. The Morgan fingerprint density at radius 2 is 1.86 bits per heavy atom. The number of rotatable bonds is 4. The maximum absolute atomic E-state index is 10.7. The molecule has 114 valence electrons. The van der Waals surface area contributed by atoms with Crippen molar-refractivity contribution in [3.8, 4) is 0 Å². The van der Waals surface area contributed by atoms with Crippen LogP contribution >= 0.6 is 0 Å². The van der Waals surface area contributed by atoms with Gasteiger partial charge in [-0.3, -0.25) is 15.0 Å². The molecule has 2 aromatic rings. The number of benzene rings is 2. The first-order valence-electron chi connectivity index (χ1n) is 7.34. The Bertz CT molecular complexity index is 698. The average molecular weight is 297 g/mol. The number of nitro benzene ring substituents is 1. The molecule has 0 saturated heterocycles. The first-order valence-corrected chi connectivity index (χ1v) is 7.34. The van der Waals surface area contributed by atoms with E-state index in [0.717, 1.165) is 30.6 Å². The summed E-state index contributed by atoms with van der Waals surface area (Å²) in [6.45, 7) is 0.784. The van der Waals surface area contributed by atoms with E-state index >= 15 is 0 Å². The molecule has 0 aliphatic heterocycles. The molecule has 0 heterocycles. The molecule has 1 atom stereocenters. The standard InChI is InChI=1S/C17H19N3O2/c1-19(11-12-2-6-16(7-3-12)20(21)22)17-9-13-4-5-15(18)8-14(13)10-17/h2-8,17H,9-11,18H2,1H3. The summed E-state index contributed by atoms with van der Waals surface area (Å²) in [5, 5.41) is 10.7. The van der Waals surface area contributed by atoms with Gasteiger partial charge in [0.2, 0.25) is 0 Å². The Morgan fingerprint density at radius 3 is 2.55 bits per heavy atom. The van der Waals surface area contributed by atoms with Crippen molar-refractivity contribution in [2.45, 2.75) is 25.4 Å². The van der Waals surface area contributed by atoms with Crippen LogP contribution in [0.15, 0.2) is 42.5 Å². The van der Waals surface area contributed by atoms with E-state index in [-0.39, 0.29) is 10.6 Å². The Balaban J connectivity index is 1.66. The van der Waals surface area contributed by atoms with Crippen LogP contribution in [0.2, 0.25) is 0 Å². The molecule has 3 rings (SSSR count). The van der Waals surface area contributed by atoms with E-state index in [1.807, 2.05) is 18.2 Å². The molecule has 1 unspecified atom stereocenters. The van der Waals surface area contributed by atoms with Crippen molar-refractivity contribution < 1.29 is 4.92 Å². The molecule has 0 spiro atoms. The minimum Gasteiger partial charge on any atom is -0.399 e. The minimum atomic E-state index is -0.370. The quantitative estimate of drug-likeness (QED) is 0.535. The Labute approximate surface area is 129 Å². The highest BCUT2D eigenvalue weighted by atomic mass is 16.6. The largest absolute Gasteiger partial charge is 0.399 e. The summed E-state index contributed by atoms with van der Waals surface area (Å²) in [5.74, 6) is 0. The summed E-state index contributed by atoms with van der Waals surface area (Å²) >= 11 is 0. The summed E-state index contributed by atoms with van der Waals surface area (Å²) < 4.78 is 0. The zero-order valence-corrected chi connectivity index (χ0v) is 12.5. The number of nitrogens with two attached hydrogens (primary N) is 1. The maximum Gasteiger partial charge on any atom is 0.269 e. The number of hydrogen-bond donors (Lipinski definition) is 1. The second-order valence-corrected chi connectivity index (χ2v) is 5.93. The van der Waals surface area contributed by atoms with Gasteiger partial charge in [-0.2, -0.15) is 0 Å². The topological polar surface area (TPSA) is 72.4 Å². The van der Waals surface area contributed by atoms with Crippen LogP contribution in [0.1, 0.15) is 16.7 Å². The molecule has 0 aromatic heterocycles. The first kappa shape index (κ1) is 14.5. The van der Waals surface area contributed by atoms with Crippen molar-refractivity contribution in [1.29, 1.82) is 0 Å². The van der Waals surface area contributed by atoms with E-state index in [2.05, 4.69) is 24.1 Å². The second-order valence-electron chi connectivity index (χ2n) is 5.93. The van der Waals surface area contributed by atoms with Crippen LogP contribution in [0, 0.1) is 10.1 Å². The van der Waals surface area contributed by atoms with Crippen LogP contribution in [0.25, 0.3) is 0 Å². The Kier molecular flexibility index (Phi) is 3.81. The van der Waals surface area contributed by atoms with Gasteiger partial charge in [-0.1, -0.05) is 18.2 Å². The van der Waals surface area contributed by atoms with Gasteiger partial charge in [-0.15, -0.1) is 0 Å². The molecule has 1 aliphatic carbocycles. The average Bonchev–Trinajstić information content (AvgIpc) is 2.91. The molecular weight excluding hydrogens is 278 g/mol. The number of anilines is 1. The van der Waals surface area contributed by atoms with E-state index in [1.165, 1.54) is 11.1 Å². The fourth-order valence-corrected chi connectivity index (χ4v) is 3.07. The van der Waals surface area contributed by atoms with Crippen LogP contribution in [0.3, 0.4) is 0 Å². The molecule has 0 bridgehead atoms. The smallest absolute Gasteiger partial charge is 0.269 e. The second kappa shape index (κ2) is 5.77. The fourth-order valence-electron chi connectivity index (χ4n) is 3.07. The van der Waals surface area contributed by atoms with E-state index in [9.17, 15) is 10.1 Å². The summed E-state index contributed by atoms with van der Waals surface area (Å²) in [7, 11) is 2.10. The monoisotopic (exact) mass is 297 g/mol. The summed E-state index contributed by atoms with van der Waals surface area (Å²) in [4.78, 5) is 12.6.